The van der Waals surface area contributed by atoms with Crippen molar-refractivity contribution in [3.63, 3.8) is 0 Å². The van der Waals surface area contributed by atoms with Gasteiger partial charge in [0, 0.05) is 11.3 Å². The Balaban J connectivity index is 2.47. The van der Waals surface area contributed by atoms with Gasteiger partial charge in [-0.1, -0.05) is 0 Å². The standard InChI is InChI=1S/C10H9F3N2O2/c11-10(12,13)6-14-9(17)15-8-3-1-7(5-16)2-4-8/h1-5H,6H2,(H2,14,15,17). The van der Waals surface area contributed by atoms with E-state index < -0.39 is 18.8 Å². The average Bonchev–Trinajstić information content (AvgIpc) is 2.27. The van der Waals surface area contributed by atoms with E-state index >= 15 is 0 Å². The van der Waals surface area contributed by atoms with Crippen LogP contribution < -0.4 is 10.6 Å². The third-order valence-electron chi connectivity index (χ3n) is 1.75. The number of benzene rings is 1. The molecule has 0 aliphatic carbocycles. The number of rotatable bonds is 3. The Morgan fingerprint density at radius 1 is 1.24 bits per heavy atom. The molecule has 0 atom stereocenters. The van der Waals surface area contributed by atoms with E-state index in [1.807, 2.05) is 0 Å². The van der Waals surface area contributed by atoms with Gasteiger partial charge in [0.05, 0.1) is 0 Å². The van der Waals surface area contributed by atoms with Gasteiger partial charge in [0.2, 0.25) is 0 Å². The van der Waals surface area contributed by atoms with Crippen LogP contribution >= 0.6 is 0 Å². The summed E-state index contributed by atoms with van der Waals surface area (Å²) in [5, 5.41) is 3.85. The van der Waals surface area contributed by atoms with Gasteiger partial charge in [0.1, 0.15) is 12.8 Å². The number of carbonyl (C=O) groups is 2. The number of hydrogen-bond donors (Lipinski definition) is 2. The van der Waals surface area contributed by atoms with E-state index in [9.17, 15) is 22.8 Å². The van der Waals surface area contributed by atoms with Crippen LogP contribution in [0.2, 0.25) is 0 Å². The first-order valence-corrected chi connectivity index (χ1v) is 4.57. The number of carbonyl (C=O) groups excluding carboxylic acids is 2. The van der Waals surface area contributed by atoms with E-state index in [0.717, 1.165) is 0 Å². The van der Waals surface area contributed by atoms with Gasteiger partial charge < -0.3 is 10.6 Å². The van der Waals surface area contributed by atoms with Gasteiger partial charge in [-0.3, -0.25) is 4.79 Å². The minimum Gasteiger partial charge on any atom is -0.329 e. The summed E-state index contributed by atoms with van der Waals surface area (Å²) in [6, 6.07) is 4.74. The molecule has 2 N–H and O–H groups in total. The van der Waals surface area contributed by atoms with Crippen molar-refractivity contribution in [3.05, 3.63) is 29.8 Å². The summed E-state index contributed by atoms with van der Waals surface area (Å²) >= 11 is 0. The second-order valence-electron chi connectivity index (χ2n) is 3.16. The molecule has 0 radical (unpaired) electrons. The van der Waals surface area contributed by atoms with Gasteiger partial charge in [-0.05, 0) is 24.3 Å². The summed E-state index contributed by atoms with van der Waals surface area (Å²) in [4.78, 5) is 21.3. The van der Waals surface area contributed by atoms with E-state index in [4.69, 9.17) is 0 Å². The summed E-state index contributed by atoms with van der Waals surface area (Å²) < 4.78 is 35.3. The van der Waals surface area contributed by atoms with E-state index in [1.165, 1.54) is 24.3 Å². The summed E-state index contributed by atoms with van der Waals surface area (Å²) in [6.07, 6.45) is -3.83. The molecule has 0 aromatic heterocycles. The topological polar surface area (TPSA) is 58.2 Å². The van der Waals surface area contributed by atoms with Gasteiger partial charge in [0.15, 0.2) is 0 Å². The first-order chi connectivity index (χ1) is 7.90. The second-order valence-corrected chi connectivity index (χ2v) is 3.16. The Labute approximate surface area is 94.8 Å². The molecule has 92 valence electrons. The summed E-state index contributed by atoms with van der Waals surface area (Å²) in [5.41, 5.74) is 0.710. The molecular formula is C10H9F3N2O2. The van der Waals surface area contributed by atoms with Crippen LogP contribution in [-0.4, -0.2) is 25.0 Å². The Morgan fingerprint density at radius 3 is 2.29 bits per heavy atom. The van der Waals surface area contributed by atoms with E-state index in [-0.39, 0.29) is 0 Å². The molecule has 7 heteroatoms. The molecule has 0 heterocycles. The van der Waals surface area contributed by atoms with E-state index in [0.29, 0.717) is 17.5 Å². The predicted octanol–water partition coefficient (Wildman–Crippen LogP) is 2.18. The number of amides is 2. The SMILES string of the molecule is O=Cc1ccc(NC(=O)NCC(F)(F)F)cc1. The fourth-order valence-corrected chi connectivity index (χ4v) is 1.00. The van der Waals surface area contributed by atoms with Crippen LogP contribution in [0.3, 0.4) is 0 Å². The molecule has 0 fully saturated rings. The molecule has 0 bridgehead atoms. The monoisotopic (exact) mass is 246 g/mol. The van der Waals surface area contributed by atoms with Crippen molar-refractivity contribution in [3.8, 4) is 0 Å². The number of alkyl halides is 3. The first kappa shape index (κ1) is 13.0. The summed E-state index contributed by atoms with van der Waals surface area (Å²) in [5.74, 6) is 0. The first-order valence-electron chi connectivity index (χ1n) is 4.57. The van der Waals surface area contributed by atoms with Gasteiger partial charge in [-0.2, -0.15) is 13.2 Å². The minimum atomic E-state index is -4.45. The largest absolute Gasteiger partial charge is 0.405 e. The van der Waals surface area contributed by atoms with Crippen LogP contribution in [0.15, 0.2) is 24.3 Å². The maximum atomic E-state index is 11.8. The highest BCUT2D eigenvalue weighted by Gasteiger charge is 2.27. The van der Waals surface area contributed by atoms with Gasteiger partial charge >= 0.3 is 12.2 Å². The molecule has 0 spiro atoms. The van der Waals surface area contributed by atoms with Crippen molar-refractivity contribution in [1.29, 1.82) is 0 Å². The van der Waals surface area contributed by atoms with Crippen molar-refractivity contribution in [2.75, 3.05) is 11.9 Å². The maximum Gasteiger partial charge on any atom is 0.405 e. The zero-order valence-corrected chi connectivity index (χ0v) is 8.54. The van der Waals surface area contributed by atoms with Gasteiger partial charge in [-0.25, -0.2) is 4.79 Å². The zero-order valence-electron chi connectivity index (χ0n) is 8.54. The fraction of sp³-hybridized carbons (Fsp3) is 0.200. The summed E-state index contributed by atoms with van der Waals surface area (Å²) in [7, 11) is 0. The molecule has 0 aliphatic rings. The Kier molecular flexibility index (Phi) is 4.08. The van der Waals surface area contributed by atoms with Crippen molar-refractivity contribution in [2.45, 2.75) is 6.18 Å². The maximum absolute atomic E-state index is 11.8. The number of nitrogens with one attached hydrogen (secondary N) is 2. The van der Waals surface area contributed by atoms with Crippen LogP contribution in [0.5, 0.6) is 0 Å². The summed E-state index contributed by atoms with van der Waals surface area (Å²) in [6.45, 7) is -1.40. The van der Waals surface area contributed by atoms with Crippen LogP contribution in [0.4, 0.5) is 23.7 Å². The number of aldehydes is 1. The highest BCUT2D eigenvalue weighted by Crippen LogP contribution is 2.12. The normalized spacial score (nSPS) is 10.8. The molecule has 0 unspecified atom stereocenters. The Morgan fingerprint density at radius 2 is 1.82 bits per heavy atom. The zero-order chi connectivity index (χ0) is 12.9. The molecular weight excluding hydrogens is 237 g/mol. The molecule has 1 aromatic carbocycles. The van der Waals surface area contributed by atoms with E-state index in [1.54, 1.807) is 5.32 Å². The Hall–Kier alpha value is -2.05. The third-order valence-corrected chi connectivity index (χ3v) is 1.75. The lowest BCUT2D eigenvalue weighted by molar-refractivity contribution is -0.122. The molecule has 0 saturated heterocycles. The van der Waals surface area contributed by atoms with Crippen molar-refractivity contribution in [2.24, 2.45) is 0 Å². The van der Waals surface area contributed by atoms with Crippen LogP contribution in [0.1, 0.15) is 10.4 Å². The van der Waals surface area contributed by atoms with Crippen molar-refractivity contribution >= 4 is 18.0 Å². The highest BCUT2D eigenvalue weighted by atomic mass is 19.4. The van der Waals surface area contributed by atoms with Gasteiger partial charge in [0.25, 0.3) is 0 Å². The van der Waals surface area contributed by atoms with Crippen LogP contribution in [0, 0.1) is 0 Å². The lowest BCUT2D eigenvalue weighted by Crippen LogP contribution is -2.36. The molecule has 1 rings (SSSR count). The van der Waals surface area contributed by atoms with Crippen LogP contribution in [-0.2, 0) is 0 Å². The number of anilines is 1. The smallest absolute Gasteiger partial charge is 0.329 e. The lowest BCUT2D eigenvalue weighted by Gasteiger charge is -2.09. The molecule has 2 amide bonds. The number of urea groups is 1. The van der Waals surface area contributed by atoms with E-state index in [2.05, 4.69) is 5.32 Å². The van der Waals surface area contributed by atoms with Crippen molar-refractivity contribution < 1.29 is 22.8 Å². The second kappa shape index (κ2) is 5.33. The Bertz CT molecular complexity index is 401. The number of hydrogen-bond acceptors (Lipinski definition) is 2. The molecule has 1 aromatic rings. The van der Waals surface area contributed by atoms with Crippen LogP contribution in [0.25, 0.3) is 0 Å². The minimum absolute atomic E-state index is 0.301. The lowest BCUT2D eigenvalue weighted by atomic mass is 10.2. The molecule has 4 nitrogen and oxygen atoms in total. The quantitative estimate of drug-likeness (QED) is 0.803. The predicted molar refractivity (Wildman–Crippen MR) is 54.9 cm³/mol. The van der Waals surface area contributed by atoms with Crippen molar-refractivity contribution in [1.82, 2.24) is 5.32 Å². The highest BCUT2D eigenvalue weighted by molar-refractivity contribution is 5.89. The van der Waals surface area contributed by atoms with Gasteiger partial charge in [-0.15, -0.1) is 0 Å². The average molecular weight is 246 g/mol. The fourth-order valence-electron chi connectivity index (χ4n) is 1.00. The molecule has 0 aliphatic heterocycles. The molecule has 0 saturated carbocycles. The molecule has 17 heavy (non-hydrogen) atoms. The third kappa shape index (κ3) is 5.01. The number of halogens is 3.